The Labute approximate surface area is 284 Å². The second kappa shape index (κ2) is 15.5. The summed E-state index contributed by atoms with van der Waals surface area (Å²) in [5, 5.41) is 11.9. The van der Waals surface area contributed by atoms with Crippen molar-refractivity contribution in [1.29, 1.82) is 0 Å². The Morgan fingerprint density at radius 1 is 0.844 bits per heavy atom. The summed E-state index contributed by atoms with van der Waals surface area (Å²) in [4.78, 5) is 16.1. The molecule has 0 amide bonds. The van der Waals surface area contributed by atoms with Gasteiger partial charge in [0.1, 0.15) is 0 Å². The van der Waals surface area contributed by atoms with E-state index in [1.165, 1.54) is 50.2 Å². The Morgan fingerprint density at radius 3 is 2.18 bits per heavy atom. The van der Waals surface area contributed by atoms with E-state index in [-0.39, 0.29) is 37.1 Å². The molecule has 5 rings (SSSR count). The van der Waals surface area contributed by atoms with Crippen molar-refractivity contribution in [3.05, 3.63) is 89.8 Å². The van der Waals surface area contributed by atoms with Crippen LogP contribution in [0.5, 0.6) is 0 Å². The number of aromatic nitrogens is 1. The molecular weight excluding hydrogens is 731 g/mol. The molecule has 0 spiro atoms. The Bertz CT molecular complexity index is 1660. The molecular formula is C41H50IrNO2-. The van der Waals surface area contributed by atoms with Crippen LogP contribution in [-0.4, -0.2) is 15.9 Å². The van der Waals surface area contributed by atoms with E-state index in [0.29, 0.717) is 30.6 Å². The van der Waals surface area contributed by atoms with Gasteiger partial charge >= 0.3 is 0 Å². The van der Waals surface area contributed by atoms with Crippen LogP contribution >= 0.6 is 0 Å². The van der Waals surface area contributed by atoms with Crippen LogP contribution < -0.4 is 0 Å². The quantitative estimate of drug-likeness (QED) is 0.0969. The third kappa shape index (κ3) is 9.71. The molecule has 0 bridgehead atoms. The summed E-state index contributed by atoms with van der Waals surface area (Å²) >= 11 is 0. The molecule has 241 valence electrons. The van der Waals surface area contributed by atoms with Crippen LogP contribution in [0.2, 0.25) is 0 Å². The summed E-state index contributed by atoms with van der Waals surface area (Å²) in [5.41, 5.74) is 10.3. The maximum absolute atomic E-state index is 11.2. The Kier molecular flexibility index (Phi) is 12.5. The molecule has 4 aromatic rings. The van der Waals surface area contributed by atoms with Crippen molar-refractivity contribution >= 4 is 16.6 Å². The van der Waals surface area contributed by atoms with Crippen molar-refractivity contribution in [2.45, 2.75) is 88.0 Å². The monoisotopic (exact) mass is 781 g/mol. The maximum atomic E-state index is 11.2. The summed E-state index contributed by atoms with van der Waals surface area (Å²) in [7, 11) is 0. The number of carbonyl (C=O) groups is 1. The average Bonchev–Trinajstić information content (AvgIpc) is 3.01. The van der Waals surface area contributed by atoms with E-state index in [1.807, 2.05) is 40.0 Å². The van der Waals surface area contributed by atoms with Crippen molar-refractivity contribution in [1.82, 2.24) is 4.98 Å². The van der Waals surface area contributed by atoms with Gasteiger partial charge in [-0.2, -0.15) is 0 Å². The number of pyridine rings is 1. The first kappa shape index (κ1) is 36.4. The summed E-state index contributed by atoms with van der Waals surface area (Å²) in [6, 6.07) is 23.8. The number of allylic oxidation sites excluding steroid dienone is 2. The second-order valence-electron chi connectivity index (χ2n) is 14.9. The molecule has 0 saturated heterocycles. The Morgan fingerprint density at radius 2 is 1.53 bits per heavy atom. The molecule has 45 heavy (non-hydrogen) atoms. The normalized spacial score (nSPS) is 12.3. The molecule has 1 aliphatic carbocycles. The zero-order valence-electron chi connectivity index (χ0n) is 28.5. The molecule has 0 aliphatic heterocycles. The van der Waals surface area contributed by atoms with Gasteiger partial charge in [0.05, 0.1) is 5.76 Å². The van der Waals surface area contributed by atoms with Crippen molar-refractivity contribution in [3.8, 4) is 33.5 Å². The third-order valence-corrected chi connectivity index (χ3v) is 7.61. The zero-order valence-corrected chi connectivity index (χ0v) is 30.9. The molecule has 1 aromatic heterocycles. The number of ketones is 1. The van der Waals surface area contributed by atoms with Crippen LogP contribution in [0, 0.1) is 29.2 Å². The van der Waals surface area contributed by atoms with Gasteiger partial charge in [-0.05, 0) is 80.8 Å². The van der Waals surface area contributed by atoms with Gasteiger partial charge < -0.3 is 10.1 Å². The number of carbonyl (C=O) groups excluding carboxylic acids is 1. The molecule has 0 atom stereocenters. The summed E-state index contributed by atoms with van der Waals surface area (Å²) in [6.07, 6.45) is 6.55. The molecule has 0 saturated carbocycles. The SMILES string of the molecule is CC(C)CC(=O)/C=C(\O)CC(C)C.CC(C)Cc1cc2c3c(nccc3c1)-c1[c-]cccc1-c1cc(CC(C)(C)C)ccc1-2.[Ir]. The van der Waals surface area contributed by atoms with E-state index < -0.39 is 0 Å². The van der Waals surface area contributed by atoms with Gasteiger partial charge in [0.25, 0.3) is 0 Å². The van der Waals surface area contributed by atoms with E-state index in [2.05, 4.69) is 89.2 Å². The predicted octanol–water partition coefficient (Wildman–Crippen LogP) is 11.2. The van der Waals surface area contributed by atoms with Gasteiger partial charge in [-0.25, -0.2) is 0 Å². The average molecular weight is 781 g/mol. The first-order valence-electron chi connectivity index (χ1n) is 16.2. The van der Waals surface area contributed by atoms with Gasteiger partial charge in [-0.3, -0.25) is 4.79 Å². The molecule has 0 unspecified atom stereocenters. The standard InChI is InChI=1S/C30H30N.C11H20O2.Ir/c1-19(2)14-21-15-22-12-13-31-29-25-9-7-6-8-23(25)26-16-20(18-30(3,4)5)10-11-24(26)27(17-21)28(22)29;1-8(2)5-10(12)7-11(13)6-9(3)4;/h6-8,10-13,15-17,19H,14,18H2,1-5H3;7-9,12H,5-6H2,1-4H3;/q-1;;/b;10-7-;. The summed E-state index contributed by atoms with van der Waals surface area (Å²) in [5.74, 6) is 1.60. The molecule has 3 nitrogen and oxygen atoms in total. The topological polar surface area (TPSA) is 50.2 Å². The maximum Gasteiger partial charge on any atom is 0.159 e. The Balaban J connectivity index is 0.000000338. The number of hydrogen-bond acceptors (Lipinski definition) is 3. The number of nitrogens with zero attached hydrogens (tertiary/aromatic N) is 1. The van der Waals surface area contributed by atoms with Crippen LogP contribution in [0.1, 0.15) is 86.3 Å². The molecule has 0 fully saturated rings. The summed E-state index contributed by atoms with van der Waals surface area (Å²) in [6.45, 7) is 19.5. The van der Waals surface area contributed by atoms with Crippen LogP contribution in [0.25, 0.3) is 44.3 Å². The second-order valence-corrected chi connectivity index (χ2v) is 14.9. The molecule has 1 radical (unpaired) electrons. The third-order valence-electron chi connectivity index (χ3n) is 7.61. The molecule has 1 heterocycles. The fraction of sp³-hybridized carbons (Fsp3) is 0.415. The van der Waals surface area contributed by atoms with Crippen LogP contribution in [-0.2, 0) is 37.7 Å². The van der Waals surface area contributed by atoms with Gasteiger partial charge in [0.15, 0.2) is 5.78 Å². The van der Waals surface area contributed by atoms with Crippen LogP contribution in [0.3, 0.4) is 0 Å². The van der Waals surface area contributed by atoms with E-state index in [1.54, 1.807) is 0 Å². The van der Waals surface area contributed by atoms with Crippen molar-refractivity contribution in [2.75, 3.05) is 0 Å². The van der Waals surface area contributed by atoms with Crippen molar-refractivity contribution < 1.29 is 30.0 Å². The molecule has 4 heteroatoms. The number of rotatable bonds is 8. The number of fused-ring (bicyclic) bond motifs is 5. The van der Waals surface area contributed by atoms with Gasteiger partial charge in [-0.1, -0.05) is 104 Å². The molecule has 1 aliphatic rings. The minimum atomic E-state index is 0. The van der Waals surface area contributed by atoms with Crippen LogP contribution in [0.15, 0.2) is 72.6 Å². The smallest absolute Gasteiger partial charge is 0.159 e. The number of aliphatic hydroxyl groups is 1. The Hall–Kier alpha value is -3.07. The van der Waals surface area contributed by atoms with Gasteiger partial charge in [0, 0.05) is 45.2 Å². The molecule has 3 aromatic carbocycles. The fourth-order valence-electron chi connectivity index (χ4n) is 6.12. The summed E-state index contributed by atoms with van der Waals surface area (Å²) < 4.78 is 0. The van der Waals surface area contributed by atoms with E-state index in [0.717, 1.165) is 24.1 Å². The van der Waals surface area contributed by atoms with Crippen LogP contribution in [0.4, 0.5) is 0 Å². The van der Waals surface area contributed by atoms with Gasteiger partial charge in [0.2, 0.25) is 0 Å². The van der Waals surface area contributed by atoms with E-state index in [4.69, 9.17) is 4.98 Å². The largest absolute Gasteiger partial charge is 0.512 e. The fourth-order valence-corrected chi connectivity index (χ4v) is 6.12. The zero-order chi connectivity index (χ0) is 32.2. The van der Waals surface area contributed by atoms with Crippen molar-refractivity contribution in [3.63, 3.8) is 0 Å². The first-order valence-corrected chi connectivity index (χ1v) is 16.2. The first-order chi connectivity index (χ1) is 20.7. The number of aliphatic hydroxyl groups excluding tert-OH is 1. The van der Waals surface area contributed by atoms with Crippen molar-refractivity contribution in [2.24, 2.45) is 23.2 Å². The van der Waals surface area contributed by atoms with E-state index >= 15 is 0 Å². The number of hydrogen-bond donors (Lipinski definition) is 1. The number of benzene rings is 3. The molecule has 1 N–H and O–H groups in total. The van der Waals surface area contributed by atoms with E-state index in [9.17, 15) is 9.90 Å². The minimum absolute atomic E-state index is 0. The van der Waals surface area contributed by atoms with Gasteiger partial charge in [-0.15, -0.1) is 29.8 Å². The minimum Gasteiger partial charge on any atom is -0.512 e. The predicted molar refractivity (Wildman–Crippen MR) is 187 cm³/mol.